The summed E-state index contributed by atoms with van der Waals surface area (Å²) in [6.07, 6.45) is 11.6. The lowest BCUT2D eigenvalue weighted by molar-refractivity contribution is -0.138. The Labute approximate surface area is 167 Å². The molecule has 2 nitrogen and oxygen atoms in total. The third-order valence-electron chi connectivity index (χ3n) is 4.62. The van der Waals surface area contributed by atoms with Crippen molar-refractivity contribution in [3.05, 3.63) is 41.5 Å². The van der Waals surface area contributed by atoms with Gasteiger partial charge in [0.1, 0.15) is 0 Å². The van der Waals surface area contributed by atoms with Crippen molar-refractivity contribution in [2.75, 3.05) is 6.61 Å². The van der Waals surface area contributed by atoms with Crippen LogP contribution in [0.2, 0.25) is 0 Å². The van der Waals surface area contributed by atoms with E-state index in [0.717, 1.165) is 31.4 Å². The summed E-state index contributed by atoms with van der Waals surface area (Å²) in [5.74, 6) is -0.524. The Kier molecular flexibility index (Phi) is 12.3. The number of alkyl halides is 3. The topological polar surface area (TPSA) is 26.3 Å². The maximum absolute atomic E-state index is 12.7. The number of benzene rings is 1. The van der Waals surface area contributed by atoms with E-state index in [0.29, 0.717) is 12.2 Å². The summed E-state index contributed by atoms with van der Waals surface area (Å²) in [5.41, 5.74) is -0.412. The summed E-state index contributed by atoms with van der Waals surface area (Å²) in [4.78, 5) is 11.6. The molecule has 1 rings (SSSR count). The molecule has 0 bridgehead atoms. The minimum atomic E-state index is -4.39. The van der Waals surface area contributed by atoms with Crippen molar-refractivity contribution in [1.82, 2.24) is 0 Å². The molecule has 0 aliphatic carbocycles. The van der Waals surface area contributed by atoms with Crippen LogP contribution in [-0.4, -0.2) is 12.6 Å². The first-order valence-electron chi connectivity index (χ1n) is 10.5. The number of halogens is 3. The molecule has 0 unspecified atom stereocenters. The van der Waals surface area contributed by atoms with Gasteiger partial charge in [0, 0.05) is 6.08 Å². The van der Waals surface area contributed by atoms with Crippen LogP contribution < -0.4 is 0 Å². The molecular formula is C23H33F3O2. The van der Waals surface area contributed by atoms with Gasteiger partial charge in [-0.05, 0) is 30.2 Å². The highest BCUT2D eigenvalue weighted by Gasteiger charge is 2.30. The van der Waals surface area contributed by atoms with Crippen LogP contribution >= 0.6 is 0 Å². The van der Waals surface area contributed by atoms with Crippen molar-refractivity contribution < 1.29 is 22.7 Å². The van der Waals surface area contributed by atoms with Crippen LogP contribution in [0.4, 0.5) is 13.2 Å². The van der Waals surface area contributed by atoms with Crippen molar-refractivity contribution >= 4 is 12.0 Å². The molecule has 0 aliphatic rings. The first-order valence-corrected chi connectivity index (χ1v) is 10.5. The van der Waals surface area contributed by atoms with Crippen molar-refractivity contribution in [2.45, 2.75) is 83.7 Å². The maximum Gasteiger partial charge on any atom is 0.416 e. The molecule has 0 radical (unpaired) electrons. The van der Waals surface area contributed by atoms with Crippen LogP contribution in [0.25, 0.3) is 6.08 Å². The molecule has 0 heterocycles. The van der Waals surface area contributed by atoms with E-state index in [1.54, 1.807) is 0 Å². The summed E-state index contributed by atoms with van der Waals surface area (Å²) in [6, 6.07) is 4.84. The summed E-state index contributed by atoms with van der Waals surface area (Å²) in [7, 11) is 0. The van der Waals surface area contributed by atoms with E-state index >= 15 is 0 Å². The Balaban J connectivity index is 2.07. The fraction of sp³-hybridized carbons (Fsp3) is 0.609. The normalized spacial score (nSPS) is 11.9. The monoisotopic (exact) mass is 398 g/mol. The van der Waals surface area contributed by atoms with E-state index in [2.05, 4.69) is 6.92 Å². The van der Waals surface area contributed by atoms with Gasteiger partial charge in [-0.3, -0.25) is 0 Å². The lowest BCUT2D eigenvalue weighted by Gasteiger charge is -2.06. The van der Waals surface area contributed by atoms with Gasteiger partial charge in [-0.1, -0.05) is 83.3 Å². The Bertz CT molecular complexity index is 579. The first kappa shape index (κ1) is 24.3. The SMILES string of the molecule is CCCCCCCCCCCCCOC(=O)/C=C/c1cccc(C(F)(F)F)c1. The van der Waals surface area contributed by atoms with Gasteiger partial charge >= 0.3 is 12.1 Å². The summed E-state index contributed by atoms with van der Waals surface area (Å²) in [6.45, 7) is 2.58. The minimum absolute atomic E-state index is 0.321. The second kappa shape index (κ2) is 14.3. The predicted molar refractivity (Wildman–Crippen MR) is 108 cm³/mol. The van der Waals surface area contributed by atoms with Gasteiger partial charge in [0.25, 0.3) is 0 Å². The van der Waals surface area contributed by atoms with Gasteiger partial charge < -0.3 is 4.74 Å². The molecule has 0 atom stereocenters. The molecular weight excluding hydrogens is 365 g/mol. The number of carbonyl (C=O) groups is 1. The zero-order chi connectivity index (χ0) is 20.7. The second-order valence-corrected chi connectivity index (χ2v) is 7.16. The lowest BCUT2D eigenvalue weighted by Crippen LogP contribution is -2.04. The van der Waals surface area contributed by atoms with Gasteiger partial charge in [0.15, 0.2) is 0 Å². The average molecular weight is 399 g/mol. The number of unbranched alkanes of at least 4 members (excludes halogenated alkanes) is 10. The molecule has 0 saturated heterocycles. The van der Waals surface area contributed by atoms with Gasteiger partial charge in [0.2, 0.25) is 0 Å². The minimum Gasteiger partial charge on any atom is -0.463 e. The number of hydrogen-bond donors (Lipinski definition) is 0. The molecule has 0 aliphatic heterocycles. The van der Waals surface area contributed by atoms with Crippen LogP contribution in [-0.2, 0) is 15.7 Å². The zero-order valence-corrected chi connectivity index (χ0v) is 16.9. The lowest BCUT2D eigenvalue weighted by atomic mass is 10.1. The number of rotatable bonds is 14. The Hall–Kier alpha value is -1.78. The summed E-state index contributed by atoms with van der Waals surface area (Å²) < 4.78 is 43.0. The van der Waals surface area contributed by atoms with Crippen LogP contribution in [0.3, 0.4) is 0 Å². The highest BCUT2D eigenvalue weighted by molar-refractivity contribution is 5.87. The third kappa shape index (κ3) is 11.8. The molecule has 1 aromatic carbocycles. The number of esters is 1. The molecule has 1 aromatic rings. The molecule has 0 fully saturated rings. The summed E-state index contributed by atoms with van der Waals surface area (Å²) >= 11 is 0. The fourth-order valence-electron chi connectivity index (χ4n) is 2.97. The van der Waals surface area contributed by atoms with Gasteiger partial charge in [0.05, 0.1) is 12.2 Å². The van der Waals surface area contributed by atoms with E-state index in [1.165, 1.54) is 75.7 Å². The van der Waals surface area contributed by atoms with Gasteiger partial charge in [-0.15, -0.1) is 0 Å². The molecule has 0 saturated carbocycles. The van der Waals surface area contributed by atoms with E-state index < -0.39 is 17.7 Å². The first-order chi connectivity index (χ1) is 13.4. The quantitative estimate of drug-likeness (QED) is 0.183. The summed E-state index contributed by atoms with van der Waals surface area (Å²) in [5, 5.41) is 0. The Morgan fingerprint density at radius 1 is 0.929 bits per heavy atom. The molecule has 5 heteroatoms. The predicted octanol–water partition coefficient (Wildman–Crippen LogP) is 7.57. The standard InChI is InChI=1S/C23H33F3O2/c1-2-3-4-5-6-7-8-9-10-11-12-18-28-22(27)17-16-20-14-13-15-21(19-20)23(24,25)26/h13-17,19H,2-12,18H2,1H3/b17-16+. The second-order valence-electron chi connectivity index (χ2n) is 7.16. The van der Waals surface area contributed by atoms with E-state index in [1.807, 2.05) is 0 Å². The average Bonchev–Trinajstić information content (AvgIpc) is 2.67. The maximum atomic E-state index is 12.7. The molecule has 28 heavy (non-hydrogen) atoms. The largest absolute Gasteiger partial charge is 0.463 e. The molecule has 0 aromatic heterocycles. The number of ether oxygens (including phenoxy) is 1. The van der Waals surface area contributed by atoms with Crippen LogP contribution in [0.5, 0.6) is 0 Å². The van der Waals surface area contributed by atoms with Crippen molar-refractivity contribution in [3.63, 3.8) is 0 Å². The molecule has 0 N–H and O–H groups in total. The highest BCUT2D eigenvalue weighted by atomic mass is 19.4. The Morgan fingerprint density at radius 3 is 2.07 bits per heavy atom. The number of hydrogen-bond acceptors (Lipinski definition) is 2. The van der Waals surface area contributed by atoms with E-state index in [9.17, 15) is 18.0 Å². The van der Waals surface area contributed by atoms with Crippen LogP contribution in [0.15, 0.2) is 30.3 Å². The zero-order valence-electron chi connectivity index (χ0n) is 16.9. The molecule has 0 amide bonds. The number of carbonyl (C=O) groups excluding carboxylic acids is 1. The third-order valence-corrected chi connectivity index (χ3v) is 4.62. The Morgan fingerprint density at radius 2 is 1.50 bits per heavy atom. The van der Waals surface area contributed by atoms with E-state index in [4.69, 9.17) is 4.74 Å². The van der Waals surface area contributed by atoms with Crippen molar-refractivity contribution in [1.29, 1.82) is 0 Å². The highest BCUT2D eigenvalue weighted by Crippen LogP contribution is 2.29. The van der Waals surface area contributed by atoms with E-state index in [-0.39, 0.29) is 0 Å². The molecule has 158 valence electrons. The van der Waals surface area contributed by atoms with Gasteiger partial charge in [-0.25, -0.2) is 4.79 Å². The van der Waals surface area contributed by atoms with Crippen molar-refractivity contribution in [2.24, 2.45) is 0 Å². The smallest absolute Gasteiger partial charge is 0.416 e. The van der Waals surface area contributed by atoms with Crippen LogP contribution in [0.1, 0.15) is 88.7 Å². The van der Waals surface area contributed by atoms with Crippen molar-refractivity contribution in [3.8, 4) is 0 Å². The van der Waals surface area contributed by atoms with Gasteiger partial charge in [-0.2, -0.15) is 13.2 Å². The fourth-order valence-corrected chi connectivity index (χ4v) is 2.97. The van der Waals surface area contributed by atoms with Crippen LogP contribution in [0, 0.1) is 0 Å². The molecule has 0 spiro atoms.